The van der Waals surface area contributed by atoms with E-state index in [1.165, 1.54) is 4.57 Å². The van der Waals surface area contributed by atoms with Crippen molar-refractivity contribution >= 4 is 0 Å². The molecule has 0 amide bonds. The number of nitrogens with zero attached hydrogens (tertiary/aromatic N) is 2. The SMILES string of the molecule is CCn1c(-c2oc(-c3ccccc3)c(-c3ccc(C4(N)CCC4)cc3)c(=O)c2C)n[nH]c1=O. The molecule has 0 spiro atoms. The van der Waals surface area contributed by atoms with Gasteiger partial charge in [-0.05, 0) is 44.2 Å². The van der Waals surface area contributed by atoms with Crippen molar-refractivity contribution in [1.82, 2.24) is 14.8 Å². The minimum atomic E-state index is -0.345. The Balaban J connectivity index is 1.73. The Labute approximate surface area is 190 Å². The summed E-state index contributed by atoms with van der Waals surface area (Å²) in [5, 5.41) is 6.58. The Morgan fingerprint density at radius 3 is 2.33 bits per heavy atom. The molecule has 1 fully saturated rings. The molecule has 0 radical (unpaired) electrons. The number of hydrogen-bond acceptors (Lipinski definition) is 5. The molecule has 0 aliphatic heterocycles. The van der Waals surface area contributed by atoms with E-state index in [1.807, 2.05) is 61.5 Å². The second-order valence-corrected chi connectivity index (χ2v) is 8.64. The van der Waals surface area contributed by atoms with Crippen LogP contribution in [0.5, 0.6) is 0 Å². The van der Waals surface area contributed by atoms with Crippen LogP contribution >= 0.6 is 0 Å². The lowest BCUT2D eigenvalue weighted by Crippen LogP contribution is -2.43. The van der Waals surface area contributed by atoms with Crippen LogP contribution in [0.25, 0.3) is 34.0 Å². The Bertz CT molecular complexity index is 1430. The number of rotatable bonds is 5. The van der Waals surface area contributed by atoms with Crippen LogP contribution in [-0.4, -0.2) is 14.8 Å². The molecule has 2 aromatic heterocycles. The average molecular weight is 443 g/mol. The molecule has 7 heteroatoms. The molecule has 2 aromatic carbocycles. The normalized spacial score (nSPS) is 14.8. The standard InChI is InChI=1S/C26H26N4O3/c1-3-30-24(28-29-25(30)32)22-16(2)21(31)20(23(33-22)18-8-5-4-6-9-18)17-10-12-19(13-11-17)26(27)14-7-15-26/h4-6,8-13H,3,7,14-15,27H2,1-2H3,(H,29,32). The van der Waals surface area contributed by atoms with Crippen molar-refractivity contribution in [2.75, 3.05) is 0 Å². The van der Waals surface area contributed by atoms with Crippen molar-refractivity contribution in [3.05, 3.63) is 86.4 Å². The summed E-state index contributed by atoms with van der Waals surface area (Å²) in [6, 6.07) is 17.4. The summed E-state index contributed by atoms with van der Waals surface area (Å²) >= 11 is 0. The molecule has 4 aromatic rings. The number of benzene rings is 2. The van der Waals surface area contributed by atoms with Gasteiger partial charge in [0.15, 0.2) is 11.2 Å². The monoisotopic (exact) mass is 442 g/mol. The average Bonchev–Trinajstić information content (AvgIpc) is 3.20. The van der Waals surface area contributed by atoms with Gasteiger partial charge in [0.05, 0.1) is 5.56 Å². The van der Waals surface area contributed by atoms with Crippen LogP contribution in [0.4, 0.5) is 0 Å². The molecule has 3 N–H and O–H groups in total. The van der Waals surface area contributed by atoms with E-state index in [9.17, 15) is 9.59 Å². The van der Waals surface area contributed by atoms with Crippen LogP contribution in [0.2, 0.25) is 0 Å². The highest BCUT2D eigenvalue weighted by atomic mass is 16.3. The van der Waals surface area contributed by atoms with Crippen molar-refractivity contribution in [3.8, 4) is 34.0 Å². The molecule has 168 valence electrons. The maximum absolute atomic E-state index is 13.7. The molecule has 0 bridgehead atoms. The predicted molar refractivity (Wildman–Crippen MR) is 128 cm³/mol. The van der Waals surface area contributed by atoms with Gasteiger partial charge in [0.25, 0.3) is 0 Å². The minimum absolute atomic E-state index is 0.160. The Morgan fingerprint density at radius 2 is 1.73 bits per heavy atom. The lowest BCUT2D eigenvalue weighted by atomic mass is 9.72. The van der Waals surface area contributed by atoms with E-state index in [2.05, 4.69) is 10.2 Å². The zero-order chi connectivity index (χ0) is 23.2. The van der Waals surface area contributed by atoms with E-state index >= 15 is 0 Å². The van der Waals surface area contributed by atoms with Crippen LogP contribution in [0.1, 0.15) is 37.3 Å². The second-order valence-electron chi connectivity index (χ2n) is 8.64. The van der Waals surface area contributed by atoms with Crippen LogP contribution in [-0.2, 0) is 12.1 Å². The Hall–Kier alpha value is -3.71. The number of hydrogen-bond donors (Lipinski definition) is 2. The first kappa shape index (κ1) is 21.2. The number of nitrogens with two attached hydrogens (primary N) is 1. The topological polar surface area (TPSA) is 107 Å². The molecule has 1 aliphatic rings. The number of nitrogens with one attached hydrogen (secondary N) is 1. The fourth-order valence-electron chi connectivity index (χ4n) is 4.49. The van der Waals surface area contributed by atoms with Crippen LogP contribution < -0.4 is 16.9 Å². The highest BCUT2D eigenvalue weighted by Crippen LogP contribution is 2.40. The molecule has 0 atom stereocenters. The van der Waals surface area contributed by atoms with Crippen molar-refractivity contribution in [1.29, 1.82) is 0 Å². The molecule has 1 saturated carbocycles. The molecule has 33 heavy (non-hydrogen) atoms. The minimum Gasteiger partial charge on any atom is -0.452 e. The maximum Gasteiger partial charge on any atom is 0.343 e. The molecule has 5 rings (SSSR count). The summed E-state index contributed by atoms with van der Waals surface area (Å²) in [4.78, 5) is 25.8. The third kappa shape index (κ3) is 3.45. The molecule has 7 nitrogen and oxygen atoms in total. The maximum atomic E-state index is 13.7. The van der Waals surface area contributed by atoms with Gasteiger partial charge in [-0.15, -0.1) is 5.10 Å². The first-order valence-corrected chi connectivity index (χ1v) is 11.2. The lowest BCUT2D eigenvalue weighted by Gasteiger charge is -2.38. The van der Waals surface area contributed by atoms with Gasteiger partial charge in [0.1, 0.15) is 5.76 Å². The summed E-state index contributed by atoms with van der Waals surface area (Å²) in [7, 11) is 0. The van der Waals surface area contributed by atoms with E-state index in [1.54, 1.807) is 6.92 Å². The smallest absolute Gasteiger partial charge is 0.343 e. The van der Waals surface area contributed by atoms with E-state index < -0.39 is 0 Å². The van der Waals surface area contributed by atoms with Gasteiger partial charge in [-0.25, -0.2) is 9.89 Å². The Morgan fingerprint density at radius 1 is 1.03 bits per heavy atom. The van der Waals surface area contributed by atoms with Gasteiger partial charge in [-0.1, -0.05) is 54.6 Å². The molecule has 0 unspecified atom stereocenters. The number of aromatic amines is 1. The summed E-state index contributed by atoms with van der Waals surface area (Å²) in [5.41, 5.74) is 9.20. The molecule has 0 saturated heterocycles. The molecule has 1 aliphatic carbocycles. The Kier molecular flexibility index (Phi) is 5.13. The summed E-state index contributed by atoms with van der Waals surface area (Å²) in [6.45, 7) is 3.95. The van der Waals surface area contributed by atoms with Crippen molar-refractivity contribution < 1.29 is 4.42 Å². The first-order valence-electron chi connectivity index (χ1n) is 11.2. The van der Waals surface area contributed by atoms with Crippen LogP contribution in [0.3, 0.4) is 0 Å². The van der Waals surface area contributed by atoms with Gasteiger partial charge in [0.2, 0.25) is 5.82 Å². The first-order chi connectivity index (χ1) is 15.9. The van der Waals surface area contributed by atoms with E-state index in [4.69, 9.17) is 10.2 Å². The van der Waals surface area contributed by atoms with Crippen molar-refractivity contribution in [2.45, 2.75) is 45.2 Å². The third-order valence-electron chi connectivity index (χ3n) is 6.65. The van der Waals surface area contributed by atoms with E-state index in [0.717, 1.165) is 36.0 Å². The third-order valence-corrected chi connectivity index (χ3v) is 6.65. The van der Waals surface area contributed by atoms with Crippen molar-refractivity contribution in [2.24, 2.45) is 5.73 Å². The molecular formula is C26H26N4O3. The highest BCUT2D eigenvalue weighted by molar-refractivity contribution is 5.81. The zero-order valence-electron chi connectivity index (χ0n) is 18.7. The highest BCUT2D eigenvalue weighted by Gasteiger charge is 2.34. The molecule has 2 heterocycles. The van der Waals surface area contributed by atoms with Crippen LogP contribution in [0, 0.1) is 6.92 Å². The van der Waals surface area contributed by atoms with Gasteiger partial charge < -0.3 is 10.2 Å². The van der Waals surface area contributed by atoms with E-state index in [-0.39, 0.29) is 22.4 Å². The van der Waals surface area contributed by atoms with Crippen LogP contribution in [0.15, 0.2) is 68.6 Å². The van der Waals surface area contributed by atoms with E-state index in [0.29, 0.717) is 29.3 Å². The molecular weight excluding hydrogens is 416 g/mol. The summed E-state index contributed by atoms with van der Waals surface area (Å²) < 4.78 is 7.82. The predicted octanol–water partition coefficient (Wildman–Crippen LogP) is 4.19. The number of H-pyrrole nitrogens is 1. The number of aromatic nitrogens is 3. The van der Waals surface area contributed by atoms with Gasteiger partial charge >= 0.3 is 5.69 Å². The second kappa shape index (κ2) is 8.01. The quantitative estimate of drug-likeness (QED) is 0.482. The lowest BCUT2D eigenvalue weighted by molar-refractivity contribution is 0.253. The van der Waals surface area contributed by atoms with Gasteiger partial charge in [-0.3, -0.25) is 9.36 Å². The summed E-state index contributed by atoms with van der Waals surface area (Å²) in [6.07, 6.45) is 3.08. The largest absolute Gasteiger partial charge is 0.452 e. The van der Waals surface area contributed by atoms with Gasteiger partial charge in [-0.2, -0.15) is 0 Å². The fraction of sp³-hybridized carbons (Fsp3) is 0.269. The fourth-order valence-corrected chi connectivity index (χ4v) is 4.49. The summed E-state index contributed by atoms with van der Waals surface area (Å²) in [5.74, 6) is 1.04. The zero-order valence-corrected chi connectivity index (χ0v) is 18.7. The van der Waals surface area contributed by atoms with Crippen molar-refractivity contribution in [3.63, 3.8) is 0 Å². The van der Waals surface area contributed by atoms with Gasteiger partial charge in [0, 0.05) is 23.2 Å².